The zero-order valence-electron chi connectivity index (χ0n) is 17.7. The number of rotatable bonds is 9. The molecule has 31 heavy (non-hydrogen) atoms. The van der Waals surface area contributed by atoms with E-state index in [0.717, 1.165) is 0 Å². The van der Waals surface area contributed by atoms with Crippen LogP contribution in [-0.4, -0.2) is 43.3 Å². The van der Waals surface area contributed by atoms with E-state index >= 15 is 0 Å². The van der Waals surface area contributed by atoms with Crippen molar-refractivity contribution < 1.29 is 19.1 Å². The van der Waals surface area contributed by atoms with E-state index in [9.17, 15) is 9.59 Å². The number of hydrogen-bond acceptors (Lipinski definition) is 5. The van der Waals surface area contributed by atoms with Gasteiger partial charge in [-0.2, -0.15) is 0 Å². The van der Waals surface area contributed by atoms with E-state index in [1.165, 1.54) is 0 Å². The van der Waals surface area contributed by atoms with Gasteiger partial charge in [0.2, 0.25) is 0 Å². The molecule has 3 N–H and O–H groups in total. The second-order valence-corrected chi connectivity index (χ2v) is 8.13. The molecule has 0 aliphatic rings. The van der Waals surface area contributed by atoms with Crippen molar-refractivity contribution in [3.63, 3.8) is 0 Å². The third-order valence-electron chi connectivity index (χ3n) is 4.01. The van der Waals surface area contributed by atoms with Crippen molar-refractivity contribution in [2.75, 3.05) is 25.6 Å². The number of halogens is 1. The first-order valence-electron chi connectivity index (χ1n) is 9.76. The van der Waals surface area contributed by atoms with Gasteiger partial charge in [-0.15, -0.1) is 0 Å². The lowest BCUT2D eigenvalue weighted by Gasteiger charge is -2.14. The highest BCUT2D eigenvalue weighted by atomic mass is 79.9. The van der Waals surface area contributed by atoms with Gasteiger partial charge in [-0.1, -0.05) is 12.1 Å². The Morgan fingerprint density at radius 2 is 1.87 bits per heavy atom. The maximum atomic E-state index is 12.6. The fourth-order valence-electron chi connectivity index (χ4n) is 2.62. The molecule has 0 radical (unpaired) electrons. The van der Waals surface area contributed by atoms with Gasteiger partial charge in [0.05, 0.1) is 21.8 Å². The second kappa shape index (κ2) is 12.4. The molecule has 0 atom stereocenters. The maximum absolute atomic E-state index is 12.6. The molecule has 2 aromatic rings. The number of thiocarbonyl (C=S) groups is 1. The minimum atomic E-state index is -0.379. The molecule has 2 rings (SSSR count). The van der Waals surface area contributed by atoms with Gasteiger partial charge in [-0.05, 0) is 78.7 Å². The van der Waals surface area contributed by atoms with Crippen molar-refractivity contribution in [1.29, 1.82) is 0 Å². The molecule has 9 heteroatoms. The Labute approximate surface area is 196 Å². The summed E-state index contributed by atoms with van der Waals surface area (Å²) in [5.74, 6) is 0.0338. The van der Waals surface area contributed by atoms with Gasteiger partial charge < -0.3 is 20.1 Å². The van der Waals surface area contributed by atoms with Crippen molar-refractivity contribution >= 4 is 50.8 Å². The van der Waals surface area contributed by atoms with Crippen LogP contribution in [0.25, 0.3) is 0 Å². The fourth-order valence-corrected chi connectivity index (χ4v) is 3.30. The maximum Gasteiger partial charge on any atom is 0.257 e. The Bertz CT molecular complexity index is 937. The molecule has 7 nitrogen and oxygen atoms in total. The molecule has 0 spiro atoms. The predicted molar refractivity (Wildman–Crippen MR) is 129 cm³/mol. The van der Waals surface area contributed by atoms with E-state index in [2.05, 4.69) is 31.9 Å². The van der Waals surface area contributed by atoms with Crippen LogP contribution in [0.2, 0.25) is 0 Å². The van der Waals surface area contributed by atoms with E-state index in [0.29, 0.717) is 46.6 Å². The molecule has 0 bridgehead atoms. The van der Waals surface area contributed by atoms with Gasteiger partial charge in [-0.3, -0.25) is 14.9 Å². The van der Waals surface area contributed by atoms with E-state index in [-0.39, 0.29) is 23.0 Å². The molecule has 0 fully saturated rings. The summed E-state index contributed by atoms with van der Waals surface area (Å²) >= 11 is 8.68. The SMILES string of the molecule is COCCCNC(=O)c1ccccc1NC(=S)NC(=O)c1ccc(OC(C)C)c(Br)c1. The Hall–Kier alpha value is -2.49. The van der Waals surface area contributed by atoms with E-state index < -0.39 is 0 Å². The highest BCUT2D eigenvalue weighted by Gasteiger charge is 2.14. The van der Waals surface area contributed by atoms with Gasteiger partial charge in [0.15, 0.2) is 5.11 Å². The molecule has 0 aliphatic carbocycles. The van der Waals surface area contributed by atoms with Crippen molar-refractivity contribution in [3.8, 4) is 5.75 Å². The molecule has 0 saturated carbocycles. The molecule has 0 heterocycles. The van der Waals surface area contributed by atoms with Crippen molar-refractivity contribution in [2.24, 2.45) is 0 Å². The molecular formula is C22H26BrN3O4S. The highest BCUT2D eigenvalue weighted by molar-refractivity contribution is 9.10. The van der Waals surface area contributed by atoms with Gasteiger partial charge in [0.25, 0.3) is 11.8 Å². The topological polar surface area (TPSA) is 88.7 Å². The highest BCUT2D eigenvalue weighted by Crippen LogP contribution is 2.27. The van der Waals surface area contributed by atoms with Crippen LogP contribution in [0.4, 0.5) is 5.69 Å². The summed E-state index contributed by atoms with van der Waals surface area (Å²) in [6.07, 6.45) is 0.730. The van der Waals surface area contributed by atoms with Crippen LogP contribution in [0, 0.1) is 0 Å². The number of ether oxygens (including phenoxy) is 2. The summed E-state index contributed by atoms with van der Waals surface area (Å²) in [5.41, 5.74) is 1.34. The number of benzene rings is 2. The molecule has 2 aromatic carbocycles. The lowest BCUT2D eigenvalue weighted by Crippen LogP contribution is -2.35. The lowest BCUT2D eigenvalue weighted by molar-refractivity contribution is 0.0947. The van der Waals surface area contributed by atoms with Crippen LogP contribution in [0.3, 0.4) is 0 Å². The normalized spacial score (nSPS) is 10.5. The van der Waals surface area contributed by atoms with Crippen molar-refractivity contribution in [3.05, 3.63) is 58.1 Å². The number of carbonyl (C=O) groups excluding carboxylic acids is 2. The molecule has 0 aliphatic heterocycles. The standard InChI is InChI=1S/C22H26BrN3O4S/c1-14(2)30-19-10-9-15(13-17(19)23)20(27)26-22(31)25-18-8-5-4-7-16(18)21(28)24-11-6-12-29-3/h4-5,7-10,13-14H,6,11-12H2,1-3H3,(H,24,28)(H2,25,26,27,31). The van der Waals surface area contributed by atoms with Crippen molar-refractivity contribution in [1.82, 2.24) is 10.6 Å². The average molecular weight is 508 g/mol. The molecule has 0 saturated heterocycles. The monoisotopic (exact) mass is 507 g/mol. The van der Waals surface area contributed by atoms with Crippen molar-refractivity contribution in [2.45, 2.75) is 26.4 Å². The zero-order valence-corrected chi connectivity index (χ0v) is 20.1. The molecular weight excluding hydrogens is 482 g/mol. The number of hydrogen-bond donors (Lipinski definition) is 3. The number of nitrogens with one attached hydrogen (secondary N) is 3. The summed E-state index contributed by atoms with van der Waals surface area (Å²) in [4.78, 5) is 25.0. The zero-order chi connectivity index (χ0) is 22.8. The van der Waals surface area contributed by atoms with Gasteiger partial charge >= 0.3 is 0 Å². The quantitative estimate of drug-likeness (QED) is 0.349. The molecule has 166 valence electrons. The van der Waals surface area contributed by atoms with Crippen LogP contribution in [-0.2, 0) is 4.74 Å². The van der Waals surface area contributed by atoms with Gasteiger partial charge in [0.1, 0.15) is 5.75 Å². The third-order valence-corrected chi connectivity index (χ3v) is 4.84. The van der Waals surface area contributed by atoms with E-state index in [1.807, 2.05) is 13.8 Å². The first-order chi connectivity index (χ1) is 14.8. The largest absolute Gasteiger partial charge is 0.490 e. The van der Waals surface area contributed by atoms with Crippen LogP contribution < -0.4 is 20.7 Å². The van der Waals surface area contributed by atoms with Crippen LogP contribution in [0.15, 0.2) is 46.9 Å². The Kier molecular flexibility index (Phi) is 9.90. The Morgan fingerprint density at radius 3 is 2.55 bits per heavy atom. The molecule has 2 amide bonds. The average Bonchev–Trinajstić information content (AvgIpc) is 2.72. The van der Waals surface area contributed by atoms with E-state index in [1.54, 1.807) is 49.6 Å². The third kappa shape index (κ3) is 7.93. The number of amides is 2. The second-order valence-electron chi connectivity index (χ2n) is 6.87. The smallest absolute Gasteiger partial charge is 0.257 e. The summed E-state index contributed by atoms with van der Waals surface area (Å²) in [7, 11) is 1.61. The first-order valence-corrected chi connectivity index (χ1v) is 11.0. The summed E-state index contributed by atoms with van der Waals surface area (Å²) in [5, 5.41) is 8.47. The Balaban J connectivity index is 2.00. The first kappa shape index (κ1) is 24.8. The summed E-state index contributed by atoms with van der Waals surface area (Å²) in [6.45, 7) is 4.91. The predicted octanol–water partition coefficient (Wildman–Crippen LogP) is 4.13. The number of carbonyl (C=O) groups is 2. The number of para-hydroxylation sites is 1. The van der Waals surface area contributed by atoms with Gasteiger partial charge in [-0.25, -0.2) is 0 Å². The lowest BCUT2D eigenvalue weighted by atomic mass is 10.1. The molecule has 0 unspecified atom stereocenters. The number of methoxy groups -OCH3 is 1. The van der Waals surface area contributed by atoms with Crippen LogP contribution in [0.5, 0.6) is 5.75 Å². The summed E-state index contributed by atoms with van der Waals surface area (Å²) < 4.78 is 11.3. The van der Waals surface area contributed by atoms with Crippen LogP contribution >= 0.6 is 28.1 Å². The van der Waals surface area contributed by atoms with E-state index in [4.69, 9.17) is 21.7 Å². The Morgan fingerprint density at radius 1 is 1.13 bits per heavy atom. The fraction of sp³-hybridized carbons (Fsp3) is 0.318. The summed E-state index contributed by atoms with van der Waals surface area (Å²) in [6, 6.07) is 12.0. The van der Waals surface area contributed by atoms with Crippen LogP contribution in [0.1, 0.15) is 41.0 Å². The van der Waals surface area contributed by atoms with Gasteiger partial charge in [0, 0.05) is 25.8 Å². The molecule has 0 aromatic heterocycles. The number of anilines is 1. The minimum Gasteiger partial charge on any atom is -0.490 e. The minimum absolute atomic E-state index is 0.0185.